The van der Waals surface area contributed by atoms with E-state index in [1.807, 2.05) is 48.0 Å². The van der Waals surface area contributed by atoms with Crippen molar-refractivity contribution in [3.05, 3.63) is 42.1 Å². The first-order valence-corrected chi connectivity index (χ1v) is 11.6. The van der Waals surface area contributed by atoms with Crippen molar-refractivity contribution >= 4 is 23.5 Å². The van der Waals surface area contributed by atoms with Gasteiger partial charge in [-0.05, 0) is 42.3 Å². The van der Waals surface area contributed by atoms with Crippen LogP contribution in [0.3, 0.4) is 0 Å². The average molecular weight is 440 g/mol. The van der Waals surface area contributed by atoms with E-state index in [-0.39, 0.29) is 16.6 Å². The summed E-state index contributed by atoms with van der Waals surface area (Å²) >= 11 is 1.39. The van der Waals surface area contributed by atoms with E-state index in [1.54, 1.807) is 4.68 Å². The van der Waals surface area contributed by atoms with Gasteiger partial charge in [0.25, 0.3) is 0 Å². The van der Waals surface area contributed by atoms with Crippen molar-refractivity contribution in [2.75, 3.05) is 5.32 Å². The first kappa shape index (κ1) is 21.5. The topological polar surface area (TPSA) is 90.5 Å². The third kappa shape index (κ3) is 4.81. The van der Waals surface area contributed by atoms with Gasteiger partial charge in [0.1, 0.15) is 5.82 Å². The van der Waals surface area contributed by atoms with E-state index in [0.29, 0.717) is 17.0 Å². The molecule has 31 heavy (non-hydrogen) atoms. The molecule has 1 fully saturated rings. The lowest BCUT2D eigenvalue weighted by atomic mass is 9.92. The van der Waals surface area contributed by atoms with Crippen molar-refractivity contribution in [1.82, 2.24) is 30.0 Å². The van der Waals surface area contributed by atoms with Crippen LogP contribution in [0.25, 0.3) is 5.69 Å². The lowest BCUT2D eigenvalue weighted by Gasteiger charge is -2.15. The zero-order valence-corrected chi connectivity index (χ0v) is 19.3. The minimum Gasteiger partial charge on any atom is -0.310 e. The molecule has 1 aromatic carbocycles. The molecule has 1 N–H and O–H groups in total. The van der Waals surface area contributed by atoms with Crippen LogP contribution in [0.5, 0.6) is 0 Å². The minimum absolute atomic E-state index is 0.108. The molecule has 1 unspecified atom stereocenters. The fourth-order valence-electron chi connectivity index (χ4n) is 3.68. The monoisotopic (exact) mass is 439 g/mol. The van der Waals surface area contributed by atoms with Gasteiger partial charge in [-0.25, -0.2) is 9.36 Å². The smallest absolute Gasteiger partial charge is 0.238 e. The highest BCUT2D eigenvalue weighted by Gasteiger charge is 2.26. The largest absolute Gasteiger partial charge is 0.310 e. The van der Waals surface area contributed by atoms with E-state index in [9.17, 15) is 4.79 Å². The third-order valence-corrected chi connectivity index (χ3v) is 6.56. The summed E-state index contributed by atoms with van der Waals surface area (Å²) in [6, 6.07) is 12.1. The molecule has 0 bridgehead atoms. The van der Waals surface area contributed by atoms with Gasteiger partial charge >= 0.3 is 0 Å². The first-order chi connectivity index (χ1) is 14.8. The van der Waals surface area contributed by atoms with Gasteiger partial charge in [0.15, 0.2) is 0 Å². The van der Waals surface area contributed by atoms with Gasteiger partial charge in [0.2, 0.25) is 11.1 Å². The number of hydrogen-bond acceptors (Lipinski definition) is 6. The summed E-state index contributed by atoms with van der Waals surface area (Å²) in [5.74, 6) is 0.549. The predicted molar refractivity (Wildman–Crippen MR) is 122 cm³/mol. The number of amides is 1. The number of nitrogens with zero attached hydrogens (tertiary/aromatic N) is 6. The molecule has 0 aliphatic heterocycles. The number of para-hydroxylation sites is 1. The molecule has 1 aliphatic rings. The van der Waals surface area contributed by atoms with Crippen LogP contribution in [0.4, 0.5) is 5.82 Å². The van der Waals surface area contributed by atoms with Gasteiger partial charge in [0, 0.05) is 11.5 Å². The Morgan fingerprint density at radius 2 is 1.90 bits per heavy atom. The Morgan fingerprint density at radius 3 is 2.58 bits per heavy atom. The molecule has 164 valence electrons. The van der Waals surface area contributed by atoms with Gasteiger partial charge in [0.05, 0.1) is 22.7 Å². The van der Waals surface area contributed by atoms with Crippen LogP contribution < -0.4 is 5.32 Å². The van der Waals surface area contributed by atoms with E-state index in [2.05, 4.69) is 41.6 Å². The van der Waals surface area contributed by atoms with Gasteiger partial charge in [-0.2, -0.15) is 5.10 Å². The second-order valence-electron chi connectivity index (χ2n) is 9.01. The molecular weight excluding hydrogens is 410 g/mol. The van der Waals surface area contributed by atoms with E-state index in [4.69, 9.17) is 5.10 Å². The summed E-state index contributed by atoms with van der Waals surface area (Å²) in [5.41, 5.74) is 1.68. The number of nitrogens with one attached hydrogen (secondary N) is 1. The molecule has 0 saturated heterocycles. The van der Waals surface area contributed by atoms with Crippen LogP contribution in [-0.4, -0.2) is 41.1 Å². The van der Waals surface area contributed by atoms with Crippen LogP contribution in [0.2, 0.25) is 0 Å². The third-order valence-electron chi connectivity index (χ3n) is 5.51. The van der Waals surface area contributed by atoms with Crippen molar-refractivity contribution in [2.45, 2.75) is 75.2 Å². The standard InChI is InChI=1S/C22H29N7OS/c1-15(31-21-24-26-27-29(21)17-12-8-9-13-17)20(30)23-19-14-18(22(2,3)4)25-28(19)16-10-6-5-7-11-16/h5-7,10-11,14-15,17H,8-9,12-13H2,1-4H3,(H,23,30). The molecule has 0 spiro atoms. The lowest BCUT2D eigenvalue weighted by Crippen LogP contribution is -2.24. The summed E-state index contributed by atoms with van der Waals surface area (Å²) in [6.45, 7) is 8.20. The van der Waals surface area contributed by atoms with E-state index < -0.39 is 0 Å². The Hall–Kier alpha value is -2.68. The normalized spacial score (nSPS) is 15.9. The molecule has 1 atom stereocenters. The molecule has 2 aromatic heterocycles. The van der Waals surface area contributed by atoms with Gasteiger partial charge < -0.3 is 5.32 Å². The SMILES string of the molecule is CC(Sc1nnnn1C1CCCC1)C(=O)Nc1cc(C(C)(C)C)nn1-c1ccccc1. The van der Waals surface area contributed by atoms with Gasteiger partial charge in [-0.3, -0.25) is 4.79 Å². The Kier molecular flexibility index (Phi) is 6.13. The molecule has 8 nitrogen and oxygen atoms in total. The second-order valence-corrected chi connectivity index (χ2v) is 10.3. The predicted octanol–water partition coefficient (Wildman–Crippen LogP) is 4.39. The number of rotatable bonds is 6. The fourth-order valence-corrected chi connectivity index (χ4v) is 4.54. The highest BCUT2D eigenvalue weighted by Crippen LogP contribution is 2.33. The quantitative estimate of drug-likeness (QED) is 0.573. The van der Waals surface area contributed by atoms with Crippen molar-refractivity contribution < 1.29 is 4.79 Å². The highest BCUT2D eigenvalue weighted by molar-refractivity contribution is 8.00. The van der Waals surface area contributed by atoms with Crippen LogP contribution in [0.15, 0.2) is 41.6 Å². The summed E-state index contributed by atoms with van der Waals surface area (Å²) in [4.78, 5) is 13.1. The Bertz CT molecular complexity index is 1030. The van der Waals surface area contributed by atoms with Gasteiger partial charge in [-0.15, -0.1) is 5.10 Å². The molecule has 1 saturated carbocycles. The van der Waals surface area contributed by atoms with Crippen LogP contribution >= 0.6 is 11.8 Å². The highest BCUT2D eigenvalue weighted by atomic mass is 32.2. The molecule has 1 amide bonds. The lowest BCUT2D eigenvalue weighted by molar-refractivity contribution is -0.115. The number of carbonyl (C=O) groups is 1. The number of anilines is 1. The minimum atomic E-state index is -0.358. The molecular formula is C22H29N7OS. The molecule has 3 aromatic rings. The van der Waals surface area contributed by atoms with E-state index in [1.165, 1.54) is 24.6 Å². The van der Waals surface area contributed by atoms with Gasteiger partial charge in [-0.1, -0.05) is 63.6 Å². The van der Waals surface area contributed by atoms with Crippen molar-refractivity contribution in [3.63, 3.8) is 0 Å². The summed E-state index contributed by atoms with van der Waals surface area (Å²) < 4.78 is 3.67. The zero-order valence-electron chi connectivity index (χ0n) is 18.4. The number of hydrogen-bond donors (Lipinski definition) is 1. The Morgan fingerprint density at radius 1 is 1.19 bits per heavy atom. The number of carbonyl (C=O) groups excluding carboxylic acids is 1. The van der Waals surface area contributed by atoms with Crippen molar-refractivity contribution in [1.29, 1.82) is 0 Å². The van der Waals surface area contributed by atoms with Crippen LogP contribution in [0.1, 0.15) is 65.1 Å². The maximum Gasteiger partial charge on any atom is 0.238 e. The van der Waals surface area contributed by atoms with Crippen molar-refractivity contribution in [3.8, 4) is 5.69 Å². The molecule has 0 radical (unpaired) electrons. The molecule has 9 heteroatoms. The zero-order chi connectivity index (χ0) is 22.0. The summed E-state index contributed by atoms with van der Waals surface area (Å²) in [6.07, 6.45) is 4.57. The summed E-state index contributed by atoms with van der Waals surface area (Å²) in [5, 5.41) is 20.3. The number of tetrazole rings is 1. The summed E-state index contributed by atoms with van der Waals surface area (Å²) in [7, 11) is 0. The number of benzene rings is 1. The van der Waals surface area contributed by atoms with Crippen LogP contribution in [-0.2, 0) is 10.2 Å². The van der Waals surface area contributed by atoms with E-state index >= 15 is 0 Å². The first-order valence-electron chi connectivity index (χ1n) is 10.7. The van der Waals surface area contributed by atoms with Crippen molar-refractivity contribution in [2.24, 2.45) is 0 Å². The average Bonchev–Trinajstić information content (AvgIpc) is 3.48. The molecule has 2 heterocycles. The van der Waals surface area contributed by atoms with Crippen LogP contribution in [0, 0.1) is 0 Å². The Balaban J connectivity index is 1.53. The maximum atomic E-state index is 13.1. The number of aromatic nitrogens is 6. The Labute approximate surface area is 186 Å². The maximum absolute atomic E-state index is 13.1. The second kappa shape index (κ2) is 8.82. The number of thioether (sulfide) groups is 1. The fraction of sp³-hybridized carbons (Fsp3) is 0.500. The molecule has 4 rings (SSSR count). The molecule has 1 aliphatic carbocycles. The van der Waals surface area contributed by atoms with E-state index in [0.717, 1.165) is 24.2 Å².